The molecule has 0 aromatic rings. The third-order valence-corrected chi connectivity index (χ3v) is 1.30. The molecule has 0 aromatic carbocycles. The first kappa shape index (κ1) is 11.5. The van der Waals surface area contributed by atoms with Crippen LogP contribution in [0.3, 0.4) is 0 Å². The molecule has 0 unspecified atom stereocenters. The van der Waals surface area contributed by atoms with Crippen molar-refractivity contribution in [2.45, 2.75) is 13.1 Å². The van der Waals surface area contributed by atoms with Crippen molar-refractivity contribution in [1.29, 1.82) is 5.26 Å². The van der Waals surface area contributed by atoms with Crippen LogP contribution in [0.25, 0.3) is 0 Å². The van der Waals surface area contributed by atoms with Gasteiger partial charge in [0.1, 0.15) is 11.6 Å². The Bertz CT molecular complexity index is 285. The molecular formula is C7H6F3NO2. The van der Waals surface area contributed by atoms with Crippen molar-refractivity contribution >= 4 is 5.97 Å². The molecule has 0 bridgehead atoms. The van der Waals surface area contributed by atoms with Crippen LogP contribution in [0.1, 0.15) is 6.92 Å². The van der Waals surface area contributed by atoms with Crippen LogP contribution in [0.5, 0.6) is 0 Å². The third kappa shape index (κ3) is 2.78. The van der Waals surface area contributed by atoms with Gasteiger partial charge in [-0.05, 0) is 6.92 Å². The Hall–Kier alpha value is -1.51. The number of carbonyl (C=O) groups is 1. The molecule has 0 radical (unpaired) electrons. The topological polar surface area (TPSA) is 50.1 Å². The van der Waals surface area contributed by atoms with Crippen LogP contribution in [0.4, 0.5) is 13.2 Å². The van der Waals surface area contributed by atoms with Gasteiger partial charge in [0.25, 0.3) is 0 Å². The summed E-state index contributed by atoms with van der Waals surface area (Å²) in [5, 5.41) is 8.25. The van der Waals surface area contributed by atoms with Crippen LogP contribution in [0.15, 0.2) is 11.1 Å². The van der Waals surface area contributed by atoms with E-state index in [0.717, 1.165) is 13.2 Å². The van der Waals surface area contributed by atoms with Crippen LogP contribution in [0, 0.1) is 11.3 Å². The van der Waals surface area contributed by atoms with Crippen molar-refractivity contribution in [3.63, 3.8) is 0 Å². The Morgan fingerprint density at radius 2 is 1.92 bits per heavy atom. The lowest BCUT2D eigenvalue weighted by atomic mass is 10.1. The molecule has 0 spiro atoms. The van der Waals surface area contributed by atoms with E-state index in [0.29, 0.717) is 6.92 Å². The summed E-state index contributed by atoms with van der Waals surface area (Å²) in [5.74, 6) is -1.28. The fraction of sp³-hybridized carbons (Fsp3) is 0.429. The molecule has 0 aliphatic carbocycles. The summed E-state index contributed by atoms with van der Waals surface area (Å²) in [6.45, 7) is 0.648. The lowest BCUT2D eigenvalue weighted by molar-refractivity contribution is -0.136. The van der Waals surface area contributed by atoms with E-state index in [1.807, 2.05) is 0 Å². The molecule has 0 saturated heterocycles. The number of nitrogens with zero attached hydrogens (tertiary/aromatic N) is 1. The van der Waals surface area contributed by atoms with Crippen molar-refractivity contribution in [2.75, 3.05) is 7.11 Å². The number of esters is 1. The molecule has 0 aliphatic heterocycles. The molecule has 0 atom stereocenters. The Kier molecular flexibility index (Phi) is 3.48. The van der Waals surface area contributed by atoms with Gasteiger partial charge in [-0.25, -0.2) is 4.79 Å². The fourth-order valence-corrected chi connectivity index (χ4v) is 0.526. The van der Waals surface area contributed by atoms with E-state index in [4.69, 9.17) is 5.26 Å². The molecule has 0 saturated carbocycles. The van der Waals surface area contributed by atoms with Gasteiger partial charge in [-0.15, -0.1) is 0 Å². The lowest BCUT2D eigenvalue weighted by Gasteiger charge is -2.07. The van der Waals surface area contributed by atoms with E-state index in [9.17, 15) is 18.0 Å². The summed E-state index contributed by atoms with van der Waals surface area (Å²) < 4.78 is 39.9. The maximum atomic E-state index is 12.0. The Morgan fingerprint density at radius 1 is 1.46 bits per heavy atom. The zero-order valence-electron chi connectivity index (χ0n) is 6.90. The van der Waals surface area contributed by atoms with Crippen LogP contribution in [-0.4, -0.2) is 19.3 Å². The molecule has 0 rings (SSSR count). The Labute approximate surface area is 72.4 Å². The van der Waals surface area contributed by atoms with Gasteiger partial charge in [0.15, 0.2) is 0 Å². The minimum Gasteiger partial charge on any atom is -0.465 e. The predicted octanol–water partition coefficient (Wildman–Crippen LogP) is 1.56. The maximum absolute atomic E-state index is 12.0. The quantitative estimate of drug-likeness (QED) is 0.360. The highest BCUT2D eigenvalue weighted by molar-refractivity contribution is 5.93. The average Bonchev–Trinajstić information content (AvgIpc) is 2.03. The van der Waals surface area contributed by atoms with E-state index in [1.165, 1.54) is 0 Å². The van der Waals surface area contributed by atoms with Crippen molar-refractivity contribution < 1.29 is 22.7 Å². The molecule has 0 N–H and O–H groups in total. The van der Waals surface area contributed by atoms with E-state index >= 15 is 0 Å². The molecule has 0 fully saturated rings. The van der Waals surface area contributed by atoms with Gasteiger partial charge in [0, 0.05) is 0 Å². The standard InChI is InChI=1S/C7H6F3NO2/c1-4(7(8,9)10)5(3-11)6(12)13-2/h1-2H3/b5-4-. The molecule has 0 aliphatic rings. The smallest absolute Gasteiger partial charge is 0.413 e. The average molecular weight is 193 g/mol. The number of methoxy groups -OCH3 is 1. The normalized spacial score (nSPS) is 12.9. The van der Waals surface area contributed by atoms with Gasteiger partial charge in [-0.2, -0.15) is 18.4 Å². The fourth-order valence-electron chi connectivity index (χ4n) is 0.526. The second-order valence-corrected chi connectivity index (χ2v) is 2.10. The van der Waals surface area contributed by atoms with Crippen molar-refractivity contribution in [3.05, 3.63) is 11.1 Å². The van der Waals surface area contributed by atoms with Crippen LogP contribution < -0.4 is 0 Å². The first-order valence-corrected chi connectivity index (χ1v) is 3.11. The number of hydrogen-bond donors (Lipinski definition) is 0. The second kappa shape index (κ2) is 3.94. The molecule has 0 heterocycles. The summed E-state index contributed by atoms with van der Waals surface area (Å²) in [6.07, 6.45) is -4.68. The number of ether oxygens (including phenoxy) is 1. The number of carbonyl (C=O) groups excluding carboxylic acids is 1. The molecule has 6 heteroatoms. The maximum Gasteiger partial charge on any atom is 0.413 e. The number of allylic oxidation sites excluding steroid dienone is 1. The number of nitriles is 1. The number of rotatable bonds is 1. The van der Waals surface area contributed by atoms with E-state index < -0.39 is 23.3 Å². The van der Waals surface area contributed by atoms with Gasteiger partial charge in [-0.3, -0.25) is 0 Å². The predicted molar refractivity (Wildman–Crippen MR) is 36.4 cm³/mol. The van der Waals surface area contributed by atoms with E-state index in [2.05, 4.69) is 4.74 Å². The van der Waals surface area contributed by atoms with E-state index in [1.54, 1.807) is 0 Å². The number of hydrogen-bond acceptors (Lipinski definition) is 3. The monoisotopic (exact) mass is 193 g/mol. The highest BCUT2D eigenvalue weighted by Gasteiger charge is 2.35. The third-order valence-electron chi connectivity index (χ3n) is 1.30. The zero-order chi connectivity index (χ0) is 10.6. The Morgan fingerprint density at radius 3 is 2.15 bits per heavy atom. The minimum atomic E-state index is -4.68. The summed E-state index contributed by atoms with van der Waals surface area (Å²) in [4.78, 5) is 10.6. The molecule has 13 heavy (non-hydrogen) atoms. The Balaban J connectivity index is 5.18. The summed E-state index contributed by atoms with van der Waals surface area (Å²) in [7, 11) is 0.906. The molecule has 72 valence electrons. The first-order chi connectivity index (χ1) is 5.84. The van der Waals surface area contributed by atoms with Gasteiger partial charge in [0.05, 0.1) is 12.7 Å². The number of alkyl halides is 3. The summed E-state index contributed by atoms with van der Waals surface area (Å²) in [6, 6.07) is 1.14. The van der Waals surface area contributed by atoms with Gasteiger partial charge < -0.3 is 4.74 Å². The highest BCUT2D eigenvalue weighted by Crippen LogP contribution is 2.27. The van der Waals surface area contributed by atoms with Crippen LogP contribution in [-0.2, 0) is 9.53 Å². The first-order valence-electron chi connectivity index (χ1n) is 3.11. The summed E-state index contributed by atoms with van der Waals surface area (Å²) >= 11 is 0. The largest absolute Gasteiger partial charge is 0.465 e. The van der Waals surface area contributed by atoms with Crippen molar-refractivity contribution in [3.8, 4) is 6.07 Å². The highest BCUT2D eigenvalue weighted by atomic mass is 19.4. The molecular weight excluding hydrogens is 187 g/mol. The van der Waals surface area contributed by atoms with Gasteiger partial charge in [-0.1, -0.05) is 0 Å². The minimum absolute atomic E-state index is 0.648. The van der Waals surface area contributed by atoms with Gasteiger partial charge in [0.2, 0.25) is 0 Å². The SMILES string of the molecule is COC(=O)/C(C#N)=C(/C)C(F)(F)F. The molecule has 0 amide bonds. The zero-order valence-corrected chi connectivity index (χ0v) is 6.90. The van der Waals surface area contributed by atoms with Crippen LogP contribution >= 0.6 is 0 Å². The van der Waals surface area contributed by atoms with Crippen LogP contribution in [0.2, 0.25) is 0 Å². The number of halogens is 3. The molecule has 0 aromatic heterocycles. The van der Waals surface area contributed by atoms with Crippen molar-refractivity contribution in [2.24, 2.45) is 0 Å². The summed E-state index contributed by atoms with van der Waals surface area (Å²) in [5.41, 5.74) is -2.27. The van der Waals surface area contributed by atoms with E-state index in [-0.39, 0.29) is 0 Å². The van der Waals surface area contributed by atoms with Gasteiger partial charge >= 0.3 is 12.1 Å². The second-order valence-electron chi connectivity index (χ2n) is 2.10. The van der Waals surface area contributed by atoms with Crippen molar-refractivity contribution in [1.82, 2.24) is 0 Å². The lowest BCUT2D eigenvalue weighted by Crippen LogP contribution is -2.16. The molecule has 3 nitrogen and oxygen atoms in total.